The topological polar surface area (TPSA) is 123 Å². The summed E-state index contributed by atoms with van der Waals surface area (Å²) >= 11 is 0. The van der Waals surface area contributed by atoms with Crippen LogP contribution in [0.4, 0.5) is 5.69 Å². The van der Waals surface area contributed by atoms with Crippen molar-refractivity contribution in [3.8, 4) is 17.2 Å². The number of phenolic OH excluding ortho intramolecular Hbond substituents is 1. The van der Waals surface area contributed by atoms with Gasteiger partial charge in [-0.15, -0.1) is 0 Å². The molecule has 0 aliphatic heterocycles. The Labute approximate surface area is 142 Å². The monoisotopic (exact) mass is 345 g/mol. The predicted octanol–water partition coefficient (Wildman–Crippen LogP) is 1.84. The third-order valence-electron chi connectivity index (χ3n) is 3.06. The van der Waals surface area contributed by atoms with Crippen LogP contribution in [0.5, 0.6) is 17.2 Å². The van der Waals surface area contributed by atoms with Gasteiger partial charge in [-0.2, -0.15) is 5.10 Å². The fourth-order valence-corrected chi connectivity index (χ4v) is 1.83. The number of rotatable bonds is 7. The number of benzene rings is 2. The standard InChI is InChI=1S/C16H15N3O6/c1-24-14-4-2-3-11(16(14)21)9-17-18-15(20)10-25-13-7-5-12(6-8-13)19(22)23/h2-9,21H,10H2,1H3,(H,18,20)/b17-9-. The normalized spacial score (nSPS) is 10.4. The Kier molecular flexibility index (Phi) is 5.88. The number of ether oxygens (including phenoxy) is 2. The van der Waals surface area contributed by atoms with Gasteiger partial charge in [0.2, 0.25) is 0 Å². The molecule has 0 heterocycles. The van der Waals surface area contributed by atoms with Crippen molar-refractivity contribution in [3.05, 3.63) is 58.1 Å². The zero-order valence-electron chi connectivity index (χ0n) is 13.2. The Bertz CT molecular complexity index is 789. The number of carbonyl (C=O) groups is 1. The first-order valence-corrected chi connectivity index (χ1v) is 7.06. The summed E-state index contributed by atoms with van der Waals surface area (Å²) in [6.07, 6.45) is 1.27. The minimum atomic E-state index is -0.531. The summed E-state index contributed by atoms with van der Waals surface area (Å²) in [5, 5.41) is 24.1. The van der Waals surface area contributed by atoms with Crippen molar-refractivity contribution in [3.63, 3.8) is 0 Å². The fourth-order valence-electron chi connectivity index (χ4n) is 1.83. The molecule has 130 valence electrons. The molecule has 0 atom stereocenters. The number of hydrogen-bond acceptors (Lipinski definition) is 7. The molecular formula is C16H15N3O6. The summed E-state index contributed by atoms with van der Waals surface area (Å²) in [5.74, 6) is -0.0194. The van der Waals surface area contributed by atoms with Gasteiger partial charge in [-0.1, -0.05) is 6.07 Å². The summed E-state index contributed by atoms with van der Waals surface area (Å²) in [7, 11) is 1.42. The van der Waals surface area contributed by atoms with Crippen LogP contribution in [0.25, 0.3) is 0 Å². The Hall–Kier alpha value is -3.62. The van der Waals surface area contributed by atoms with E-state index in [2.05, 4.69) is 10.5 Å². The molecule has 0 saturated carbocycles. The summed E-state index contributed by atoms with van der Waals surface area (Å²) in [5.41, 5.74) is 2.54. The van der Waals surface area contributed by atoms with Gasteiger partial charge in [0.1, 0.15) is 5.75 Å². The third kappa shape index (κ3) is 4.93. The molecule has 25 heavy (non-hydrogen) atoms. The molecule has 0 aliphatic carbocycles. The van der Waals surface area contributed by atoms with Crippen molar-refractivity contribution in [2.45, 2.75) is 0 Å². The molecule has 9 nitrogen and oxygen atoms in total. The maximum absolute atomic E-state index is 11.6. The number of methoxy groups -OCH3 is 1. The van der Waals surface area contributed by atoms with Crippen LogP contribution in [-0.4, -0.2) is 35.9 Å². The van der Waals surface area contributed by atoms with E-state index in [1.165, 1.54) is 37.6 Å². The van der Waals surface area contributed by atoms with Gasteiger partial charge in [0, 0.05) is 17.7 Å². The van der Waals surface area contributed by atoms with Crippen molar-refractivity contribution in [2.75, 3.05) is 13.7 Å². The molecule has 0 fully saturated rings. The van der Waals surface area contributed by atoms with E-state index < -0.39 is 10.8 Å². The Morgan fingerprint density at radius 3 is 2.68 bits per heavy atom. The minimum absolute atomic E-state index is 0.0699. The maximum Gasteiger partial charge on any atom is 0.277 e. The number of nitrogens with one attached hydrogen (secondary N) is 1. The van der Waals surface area contributed by atoms with Gasteiger partial charge in [0.15, 0.2) is 18.1 Å². The van der Waals surface area contributed by atoms with E-state index in [1.54, 1.807) is 18.2 Å². The third-order valence-corrected chi connectivity index (χ3v) is 3.06. The predicted molar refractivity (Wildman–Crippen MR) is 89.0 cm³/mol. The average molecular weight is 345 g/mol. The number of nitrogens with zero attached hydrogens (tertiary/aromatic N) is 2. The lowest BCUT2D eigenvalue weighted by atomic mass is 10.2. The van der Waals surface area contributed by atoms with E-state index in [-0.39, 0.29) is 23.8 Å². The number of hydrogen-bond donors (Lipinski definition) is 2. The molecule has 2 aromatic rings. The molecule has 0 saturated heterocycles. The smallest absolute Gasteiger partial charge is 0.277 e. The van der Waals surface area contributed by atoms with Crippen molar-refractivity contribution in [1.29, 1.82) is 0 Å². The first-order valence-electron chi connectivity index (χ1n) is 7.06. The largest absolute Gasteiger partial charge is 0.504 e. The second-order valence-corrected chi connectivity index (χ2v) is 4.73. The number of hydrazone groups is 1. The van der Waals surface area contributed by atoms with Crippen molar-refractivity contribution >= 4 is 17.8 Å². The number of nitro benzene ring substituents is 1. The van der Waals surface area contributed by atoms with Crippen LogP contribution in [0.2, 0.25) is 0 Å². The van der Waals surface area contributed by atoms with Gasteiger partial charge in [0.05, 0.1) is 18.2 Å². The van der Waals surface area contributed by atoms with Crippen LogP contribution in [-0.2, 0) is 4.79 Å². The first-order chi connectivity index (χ1) is 12.0. The molecule has 0 bridgehead atoms. The molecule has 0 radical (unpaired) electrons. The lowest BCUT2D eigenvalue weighted by Gasteiger charge is -2.06. The summed E-state index contributed by atoms with van der Waals surface area (Å²) < 4.78 is 10.2. The van der Waals surface area contributed by atoms with Crippen molar-refractivity contribution < 1.29 is 24.3 Å². The van der Waals surface area contributed by atoms with Crippen LogP contribution in [0.1, 0.15) is 5.56 Å². The van der Waals surface area contributed by atoms with Gasteiger partial charge in [-0.05, 0) is 24.3 Å². The van der Waals surface area contributed by atoms with Gasteiger partial charge in [0.25, 0.3) is 11.6 Å². The van der Waals surface area contributed by atoms with Crippen LogP contribution in [0.15, 0.2) is 47.6 Å². The highest BCUT2D eigenvalue weighted by atomic mass is 16.6. The number of para-hydroxylation sites is 1. The van der Waals surface area contributed by atoms with Crippen LogP contribution < -0.4 is 14.9 Å². The number of amides is 1. The lowest BCUT2D eigenvalue weighted by Crippen LogP contribution is -2.24. The molecule has 2 N–H and O–H groups in total. The Morgan fingerprint density at radius 2 is 2.04 bits per heavy atom. The molecule has 2 aromatic carbocycles. The SMILES string of the molecule is COc1cccc(/C=N\NC(=O)COc2ccc([N+](=O)[O-])cc2)c1O. The lowest BCUT2D eigenvalue weighted by molar-refractivity contribution is -0.384. The molecule has 1 amide bonds. The van der Waals surface area contributed by atoms with E-state index in [4.69, 9.17) is 9.47 Å². The maximum atomic E-state index is 11.6. The fraction of sp³-hybridized carbons (Fsp3) is 0.125. The Morgan fingerprint density at radius 1 is 1.32 bits per heavy atom. The van der Waals surface area contributed by atoms with Crippen LogP contribution in [0, 0.1) is 10.1 Å². The van der Waals surface area contributed by atoms with E-state index in [1.807, 2.05) is 0 Å². The van der Waals surface area contributed by atoms with Gasteiger partial charge in [-0.25, -0.2) is 5.43 Å². The molecule has 0 aromatic heterocycles. The second kappa shape index (κ2) is 8.29. The number of non-ortho nitro benzene ring substituents is 1. The second-order valence-electron chi connectivity index (χ2n) is 4.73. The highest BCUT2D eigenvalue weighted by Gasteiger charge is 2.07. The summed E-state index contributed by atoms with van der Waals surface area (Å²) in [6.45, 7) is -0.320. The molecular weight excluding hydrogens is 330 g/mol. The number of nitro groups is 1. The minimum Gasteiger partial charge on any atom is -0.504 e. The number of aromatic hydroxyl groups is 1. The van der Waals surface area contributed by atoms with Gasteiger partial charge in [-0.3, -0.25) is 14.9 Å². The van der Waals surface area contributed by atoms with E-state index in [9.17, 15) is 20.0 Å². The van der Waals surface area contributed by atoms with Gasteiger partial charge < -0.3 is 14.6 Å². The molecule has 0 spiro atoms. The molecule has 9 heteroatoms. The highest BCUT2D eigenvalue weighted by molar-refractivity contribution is 5.86. The van der Waals surface area contributed by atoms with E-state index in [0.717, 1.165) is 0 Å². The number of carbonyl (C=O) groups excluding carboxylic acids is 1. The average Bonchev–Trinajstić information content (AvgIpc) is 2.61. The molecule has 0 aliphatic rings. The summed E-state index contributed by atoms with van der Waals surface area (Å²) in [4.78, 5) is 21.7. The van der Waals surface area contributed by atoms with Crippen LogP contribution >= 0.6 is 0 Å². The zero-order chi connectivity index (χ0) is 18.2. The van der Waals surface area contributed by atoms with Crippen LogP contribution in [0.3, 0.4) is 0 Å². The first kappa shape index (κ1) is 17.7. The van der Waals surface area contributed by atoms with E-state index in [0.29, 0.717) is 11.3 Å². The van der Waals surface area contributed by atoms with Crippen molar-refractivity contribution in [2.24, 2.45) is 5.10 Å². The number of phenols is 1. The van der Waals surface area contributed by atoms with E-state index >= 15 is 0 Å². The summed E-state index contributed by atoms with van der Waals surface area (Å²) in [6, 6.07) is 10.2. The molecule has 0 unspecified atom stereocenters. The van der Waals surface area contributed by atoms with Crippen molar-refractivity contribution in [1.82, 2.24) is 5.43 Å². The molecule has 2 rings (SSSR count). The zero-order valence-corrected chi connectivity index (χ0v) is 13.2. The van der Waals surface area contributed by atoms with Gasteiger partial charge >= 0.3 is 0 Å². The highest BCUT2D eigenvalue weighted by Crippen LogP contribution is 2.27. The quantitative estimate of drug-likeness (QED) is 0.448. The Balaban J connectivity index is 1.85.